The summed E-state index contributed by atoms with van der Waals surface area (Å²) in [6, 6.07) is 0. The van der Waals surface area contributed by atoms with Crippen LogP contribution in [0.1, 0.15) is 142 Å². The van der Waals surface area contributed by atoms with Crippen molar-refractivity contribution in [3.05, 3.63) is 0 Å². The fourth-order valence-corrected chi connectivity index (χ4v) is 4.64. The van der Waals surface area contributed by atoms with E-state index in [2.05, 4.69) is 13.8 Å². The predicted molar refractivity (Wildman–Crippen MR) is 153 cm³/mol. The number of nitrogens with zero attached hydrogens (tertiary/aromatic N) is 1. The number of halogens is 1. The summed E-state index contributed by atoms with van der Waals surface area (Å²) in [7, 11) is 2.01. The van der Waals surface area contributed by atoms with E-state index in [0.717, 1.165) is 25.7 Å². The highest BCUT2D eigenvalue weighted by molar-refractivity contribution is 5.69. The van der Waals surface area contributed by atoms with Crippen LogP contribution >= 0.6 is 0 Å². The van der Waals surface area contributed by atoms with Crippen molar-refractivity contribution in [2.45, 2.75) is 142 Å². The highest BCUT2D eigenvalue weighted by Crippen LogP contribution is 2.12. The van der Waals surface area contributed by atoms with Crippen molar-refractivity contribution in [3.63, 3.8) is 0 Å². The van der Waals surface area contributed by atoms with Crippen molar-refractivity contribution < 1.29 is 41.1 Å². The Bertz CT molecular complexity index is 492. The molecule has 0 radical (unpaired) electrons. The number of ether oxygens (including phenoxy) is 2. The van der Waals surface area contributed by atoms with Gasteiger partial charge in [0.25, 0.3) is 0 Å². The predicted octanol–water partition coefficient (Wildman–Crippen LogP) is 4.36. The zero-order valence-corrected chi connectivity index (χ0v) is 26.0. The molecule has 6 nitrogen and oxygen atoms in total. The third-order valence-corrected chi connectivity index (χ3v) is 7.40. The van der Waals surface area contributed by atoms with E-state index in [1.54, 1.807) is 0 Å². The van der Waals surface area contributed by atoms with Crippen LogP contribution in [0.4, 0.5) is 0 Å². The molecule has 0 aromatic heterocycles. The van der Waals surface area contributed by atoms with E-state index >= 15 is 0 Å². The minimum atomic E-state index is -0.133. The van der Waals surface area contributed by atoms with Gasteiger partial charge in [0.15, 0.2) is 0 Å². The quantitative estimate of drug-likeness (QED) is 0.0870. The molecule has 0 saturated heterocycles. The summed E-state index contributed by atoms with van der Waals surface area (Å²) in [5.41, 5.74) is 0. The number of hydrogen-bond donors (Lipinski definition) is 1. The topological polar surface area (TPSA) is 72.8 Å². The van der Waals surface area contributed by atoms with Gasteiger partial charge in [0, 0.05) is 12.8 Å². The molecule has 1 N–H and O–H groups in total. The minimum absolute atomic E-state index is 0. The van der Waals surface area contributed by atoms with Crippen molar-refractivity contribution >= 4 is 11.9 Å². The molecule has 0 spiro atoms. The summed E-state index contributed by atoms with van der Waals surface area (Å²) >= 11 is 0. The monoisotopic (exact) mass is 563 g/mol. The molecule has 0 heterocycles. The third kappa shape index (κ3) is 26.7. The lowest BCUT2D eigenvalue weighted by atomic mass is 10.1. The van der Waals surface area contributed by atoms with Gasteiger partial charge in [-0.3, -0.25) is 9.59 Å². The first-order chi connectivity index (χ1) is 18.0. The second kappa shape index (κ2) is 29.1. The summed E-state index contributed by atoms with van der Waals surface area (Å²) in [6.45, 7) is 6.96. The van der Waals surface area contributed by atoms with Crippen LogP contribution in [-0.2, 0) is 19.1 Å². The summed E-state index contributed by atoms with van der Waals surface area (Å²) < 4.78 is 11.4. The molecular formula is C31H62ClNO5. The fraction of sp³-hybridized carbons (Fsp3) is 0.935. The Labute approximate surface area is 241 Å². The number of aliphatic hydroxyl groups is 1. The Balaban J connectivity index is 0. The fourth-order valence-electron chi connectivity index (χ4n) is 4.64. The molecule has 0 aromatic carbocycles. The molecule has 0 atom stereocenters. The molecule has 7 heteroatoms. The zero-order valence-electron chi connectivity index (χ0n) is 25.3. The molecule has 0 saturated carbocycles. The normalized spacial score (nSPS) is 11.3. The van der Waals surface area contributed by atoms with E-state index in [1.165, 1.54) is 89.9 Å². The molecular weight excluding hydrogens is 502 g/mol. The van der Waals surface area contributed by atoms with E-state index < -0.39 is 0 Å². The van der Waals surface area contributed by atoms with Crippen molar-refractivity contribution in [2.24, 2.45) is 0 Å². The van der Waals surface area contributed by atoms with Crippen LogP contribution in [0.5, 0.6) is 0 Å². The molecule has 38 heavy (non-hydrogen) atoms. The summed E-state index contributed by atoms with van der Waals surface area (Å²) in [4.78, 5) is 24.1. The van der Waals surface area contributed by atoms with Crippen LogP contribution in [0.2, 0.25) is 0 Å². The molecule has 0 unspecified atom stereocenters. The van der Waals surface area contributed by atoms with E-state index in [9.17, 15) is 14.7 Å². The minimum Gasteiger partial charge on any atom is -1.00 e. The van der Waals surface area contributed by atoms with Gasteiger partial charge in [0.1, 0.15) is 32.8 Å². The van der Waals surface area contributed by atoms with E-state index in [1.807, 2.05) is 7.05 Å². The average Bonchev–Trinajstić information content (AvgIpc) is 2.87. The summed E-state index contributed by atoms with van der Waals surface area (Å²) in [5, 5.41) is 9.48. The van der Waals surface area contributed by atoms with Gasteiger partial charge in [0.2, 0.25) is 0 Å². The van der Waals surface area contributed by atoms with Gasteiger partial charge in [-0.2, -0.15) is 0 Å². The smallest absolute Gasteiger partial charge is 0.305 e. The molecule has 0 aliphatic carbocycles. The highest BCUT2D eigenvalue weighted by atomic mass is 35.5. The average molecular weight is 564 g/mol. The highest BCUT2D eigenvalue weighted by Gasteiger charge is 2.22. The maximum absolute atomic E-state index is 12.1. The second-order valence-corrected chi connectivity index (χ2v) is 11.1. The number of hydrogen-bond acceptors (Lipinski definition) is 5. The lowest BCUT2D eigenvalue weighted by Gasteiger charge is -2.33. The molecule has 0 amide bonds. The van der Waals surface area contributed by atoms with Gasteiger partial charge < -0.3 is 31.5 Å². The van der Waals surface area contributed by atoms with Gasteiger partial charge in [0.05, 0.1) is 13.7 Å². The number of unbranched alkanes of at least 4 members (excludes halogenated alkanes) is 16. The van der Waals surface area contributed by atoms with Gasteiger partial charge >= 0.3 is 11.9 Å². The first kappa shape index (κ1) is 39.3. The van der Waals surface area contributed by atoms with Crippen LogP contribution in [-0.4, -0.2) is 68.0 Å². The second-order valence-electron chi connectivity index (χ2n) is 11.1. The lowest BCUT2D eigenvalue weighted by molar-refractivity contribution is -0.910. The Morgan fingerprint density at radius 2 is 0.868 bits per heavy atom. The standard InChI is InChI=1S/C31H62NO5.ClH/c1-4-6-8-10-12-14-16-18-20-22-30(34)36-28-25-32(3,24-27-33)26-29-37-31(35)23-21-19-17-15-13-11-9-7-5-2;/h33H,4-29H2,1-3H3;1H/q+1;/p-1. The number of esters is 2. The number of quaternary nitrogens is 1. The van der Waals surface area contributed by atoms with Crippen molar-refractivity contribution in [3.8, 4) is 0 Å². The molecule has 0 bridgehead atoms. The van der Waals surface area contributed by atoms with Gasteiger partial charge in [-0.25, -0.2) is 0 Å². The van der Waals surface area contributed by atoms with E-state index in [4.69, 9.17) is 9.47 Å². The number of carbonyl (C=O) groups excluding carboxylic acids is 2. The van der Waals surface area contributed by atoms with Crippen LogP contribution in [0.15, 0.2) is 0 Å². The summed E-state index contributed by atoms with van der Waals surface area (Å²) in [6.07, 6.45) is 23.1. The third-order valence-electron chi connectivity index (χ3n) is 7.40. The Hall–Kier alpha value is -0.850. The number of rotatable bonds is 28. The van der Waals surface area contributed by atoms with Crippen molar-refractivity contribution in [1.82, 2.24) is 0 Å². The van der Waals surface area contributed by atoms with Crippen LogP contribution in [0.3, 0.4) is 0 Å². The Morgan fingerprint density at radius 3 is 1.18 bits per heavy atom. The van der Waals surface area contributed by atoms with Gasteiger partial charge in [-0.05, 0) is 12.8 Å². The lowest BCUT2D eigenvalue weighted by Crippen LogP contribution is -3.00. The number of aliphatic hydroxyl groups excluding tert-OH is 1. The molecule has 0 aliphatic heterocycles. The maximum Gasteiger partial charge on any atom is 0.305 e. The maximum atomic E-state index is 12.1. The molecule has 0 aromatic rings. The first-order valence-electron chi connectivity index (χ1n) is 15.7. The van der Waals surface area contributed by atoms with Crippen LogP contribution in [0, 0.1) is 0 Å². The van der Waals surface area contributed by atoms with E-state index in [0.29, 0.717) is 50.2 Å². The van der Waals surface area contributed by atoms with Crippen LogP contribution in [0.25, 0.3) is 0 Å². The zero-order chi connectivity index (χ0) is 27.5. The number of likely N-dealkylation sites (N-methyl/N-ethyl adjacent to an activating group) is 1. The molecule has 228 valence electrons. The largest absolute Gasteiger partial charge is 1.00 e. The van der Waals surface area contributed by atoms with E-state index in [-0.39, 0.29) is 31.0 Å². The number of carbonyl (C=O) groups is 2. The Kier molecular flexibility index (Phi) is 30.1. The van der Waals surface area contributed by atoms with Crippen LogP contribution < -0.4 is 12.4 Å². The Morgan fingerprint density at radius 1 is 0.553 bits per heavy atom. The molecule has 0 fully saturated rings. The first-order valence-corrected chi connectivity index (χ1v) is 15.7. The van der Waals surface area contributed by atoms with Crippen molar-refractivity contribution in [1.29, 1.82) is 0 Å². The van der Waals surface area contributed by atoms with Crippen molar-refractivity contribution in [2.75, 3.05) is 46.5 Å². The SMILES string of the molecule is CCCCCCCCCCCC(=O)OCC[N+](C)(CCO)CCOC(=O)CCCCCCCCCCC.[Cl-]. The van der Waals surface area contributed by atoms with Gasteiger partial charge in [-0.1, -0.05) is 117 Å². The molecule has 0 rings (SSSR count). The summed E-state index contributed by atoms with van der Waals surface area (Å²) in [5.74, 6) is -0.267. The molecule has 0 aliphatic rings. The van der Waals surface area contributed by atoms with Gasteiger partial charge in [-0.15, -0.1) is 0 Å².